The van der Waals surface area contributed by atoms with Crippen molar-refractivity contribution in [2.24, 2.45) is 0 Å². The fourth-order valence-corrected chi connectivity index (χ4v) is 3.28. The lowest BCUT2D eigenvalue weighted by Crippen LogP contribution is -2.48. The van der Waals surface area contributed by atoms with Crippen LogP contribution in [0.25, 0.3) is 5.70 Å². The van der Waals surface area contributed by atoms with Crippen LogP contribution >= 0.6 is 11.6 Å². The van der Waals surface area contributed by atoms with Gasteiger partial charge in [0.1, 0.15) is 17.2 Å². The van der Waals surface area contributed by atoms with Gasteiger partial charge in [-0.25, -0.2) is 9.78 Å². The maximum absolute atomic E-state index is 12.7. The number of aromatic nitrogens is 3. The summed E-state index contributed by atoms with van der Waals surface area (Å²) in [5.74, 6) is 0.556. The van der Waals surface area contributed by atoms with Crippen LogP contribution < -0.4 is 4.90 Å². The first-order valence-electron chi connectivity index (χ1n) is 8.59. The summed E-state index contributed by atoms with van der Waals surface area (Å²) in [7, 11) is 2.03. The monoisotopic (exact) mass is 386 g/mol. The lowest BCUT2D eigenvalue weighted by molar-refractivity contribution is 0.0515. The Morgan fingerprint density at radius 1 is 1.19 bits per heavy atom. The number of halogens is 1. The molecule has 0 aromatic carbocycles. The molecule has 0 spiro atoms. The van der Waals surface area contributed by atoms with E-state index in [1.807, 2.05) is 7.05 Å². The Bertz CT molecular complexity index is 866. The zero-order valence-corrected chi connectivity index (χ0v) is 15.6. The molecule has 8 nitrogen and oxygen atoms in total. The van der Waals surface area contributed by atoms with Crippen molar-refractivity contribution in [3.8, 4) is 0 Å². The quantitative estimate of drug-likeness (QED) is 0.784. The van der Waals surface area contributed by atoms with Crippen molar-refractivity contribution in [2.75, 3.05) is 38.1 Å². The molecule has 9 heteroatoms. The standard InChI is InChI=1S/C18H19ClN6O2/c1-12-15-16(21-6-5-20-15)17(25(12)14-4-3-13(19)11-22-14)27-18(26)24-9-7-23(2)8-10-24/h3-6,11,17H,1,7-10H2,2H3/t17-/m0/s1. The van der Waals surface area contributed by atoms with E-state index >= 15 is 0 Å². The van der Waals surface area contributed by atoms with Crippen molar-refractivity contribution in [1.82, 2.24) is 24.8 Å². The number of likely N-dealkylation sites (N-methyl/N-ethyl adjacent to an activating group) is 1. The number of ether oxygens (including phenoxy) is 1. The van der Waals surface area contributed by atoms with E-state index in [-0.39, 0.29) is 0 Å². The molecule has 2 aromatic heterocycles. The van der Waals surface area contributed by atoms with Crippen molar-refractivity contribution in [3.63, 3.8) is 0 Å². The summed E-state index contributed by atoms with van der Waals surface area (Å²) in [4.78, 5) is 31.4. The van der Waals surface area contributed by atoms with Crippen molar-refractivity contribution in [2.45, 2.75) is 6.23 Å². The second-order valence-electron chi connectivity index (χ2n) is 6.47. The van der Waals surface area contributed by atoms with Crippen molar-refractivity contribution in [1.29, 1.82) is 0 Å². The molecule has 0 unspecified atom stereocenters. The van der Waals surface area contributed by atoms with E-state index in [9.17, 15) is 4.79 Å². The largest absolute Gasteiger partial charge is 0.419 e. The van der Waals surface area contributed by atoms with Crippen LogP contribution in [0.2, 0.25) is 5.02 Å². The highest BCUT2D eigenvalue weighted by atomic mass is 35.5. The normalized spacial score (nSPS) is 19.9. The number of rotatable bonds is 2. The van der Waals surface area contributed by atoms with Gasteiger partial charge in [0.15, 0.2) is 0 Å². The average molecular weight is 387 g/mol. The minimum atomic E-state index is -0.776. The number of nitrogens with zero attached hydrogens (tertiary/aromatic N) is 6. The summed E-state index contributed by atoms with van der Waals surface area (Å²) < 4.78 is 5.84. The van der Waals surface area contributed by atoms with Gasteiger partial charge in [0, 0.05) is 44.8 Å². The number of anilines is 1. The van der Waals surface area contributed by atoms with Gasteiger partial charge in [-0.2, -0.15) is 0 Å². The highest BCUT2D eigenvalue weighted by Crippen LogP contribution is 2.41. The third-order valence-electron chi connectivity index (χ3n) is 4.69. The van der Waals surface area contributed by atoms with Crippen LogP contribution in [0.4, 0.5) is 10.6 Å². The number of piperazine rings is 1. The summed E-state index contributed by atoms with van der Waals surface area (Å²) in [6.07, 6.45) is 3.53. The molecule has 140 valence electrons. The number of carbonyl (C=O) groups excluding carboxylic acids is 1. The van der Waals surface area contributed by atoms with Crippen molar-refractivity contribution < 1.29 is 9.53 Å². The zero-order valence-electron chi connectivity index (χ0n) is 14.9. The molecule has 0 saturated carbocycles. The summed E-state index contributed by atoms with van der Waals surface area (Å²) in [5, 5.41) is 0.517. The van der Waals surface area contributed by atoms with Crippen LogP contribution in [0.3, 0.4) is 0 Å². The Morgan fingerprint density at radius 3 is 2.63 bits per heavy atom. The molecule has 1 amide bonds. The average Bonchev–Trinajstić information content (AvgIpc) is 2.95. The van der Waals surface area contributed by atoms with Gasteiger partial charge < -0.3 is 14.5 Å². The van der Waals surface area contributed by atoms with Crippen LogP contribution in [-0.2, 0) is 4.74 Å². The SMILES string of the molecule is C=C1c2nccnc2[C@H](OC(=O)N2CCN(C)CC2)N1c1ccc(Cl)cn1. The molecule has 1 fully saturated rings. The molecular weight excluding hydrogens is 368 g/mol. The van der Waals surface area contributed by atoms with E-state index in [1.165, 1.54) is 6.20 Å². The Hall–Kier alpha value is -2.71. The molecule has 0 N–H and O–H groups in total. The predicted octanol–water partition coefficient (Wildman–Crippen LogP) is 2.40. The van der Waals surface area contributed by atoms with E-state index in [0.29, 0.717) is 41.0 Å². The molecule has 4 rings (SSSR count). The second-order valence-corrected chi connectivity index (χ2v) is 6.90. The number of hydrogen-bond acceptors (Lipinski definition) is 7. The molecule has 0 radical (unpaired) electrons. The lowest BCUT2D eigenvalue weighted by Gasteiger charge is -2.33. The van der Waals surface area contributed by atoms with Gasteiger partial charge in [-0.3, -0.25) is 14.9 Å². The molecule has 1 saturated heterocycles. The van der Waals surface area contributed by atoms with Crippen LogP contribution in [0.5, 0.6) is 0 Å². The van der Waals surface area contributed by atoms with Crippen molar-refractivity contribution >= 4 is 29.2 Å². The number of fused-ring (bicyclic) bond motifs is 1. The molecule has 0 aliphatic carbocycles. The third-order valence-corrected chi connectivity index (χ3v) is 4.92. The van der Waals surface area contributed by atoms with Gasteiger partial charge in [-0.15, -0.1) is 0 Å². The topological polar surface area (TPSA) is 74.7 Å². The Labute approximate surface area is 162 Å². The van der Waals surface area contributed by atoms with E-state index in [0.717, 1.165) is 13.1 Å². The smallest absolute Gasteiger partial charge is 0.412 e. The highest BCUT2D eigenvalue weighted by Gasteiger charge is 2.40. The van der Waals surface area contributed by atoms with Crippen LogP contribution in [0.1, 0.15) is 17.6 Å². The Balaban J connectivity index is 1.63. The molecule has 0 bridgehead atoms. The second kappa shape index (κ2) is 7.13. The third kappa shape index (κ3) is 3.33. The Kier molecular flexibility index (Phi) is 4.67. The van der Waals surface area contributed by atoms with Gasteiger partial charge >= 0.3 is 6.09 Å². The first-order valence-corrected chi connectivity index (χ1v) is 8.97. The van der Waals surface area contributed by atoms with E-state index in [2.05, 4.69) is 26.4 Å². The fourth-order valence-electron chi connectivity index (χ4n) is 3.17. The van der Waals surface area contributed by atoms with E-state index < -0.39 is 12.3 Å². The molecular formula is C18H19ClN6O2. The summed E-state index contributed by atoms with van der Waals surface area (Å²) in [5.41, 5.74) is 1.70. The predicted molar refractivity (Wildman–Crippen MR) is 101 cm³/mol. The van der Waals surface area contributed by atoms with Gasteiger partial charge in [-0.1, -0.05) is 18.2 Å². The Morgan fingerprint density at radius 2 is 1.93 bits per heavy atom. The molecule has 2 aliphatic rings. The molecule has 2 aromatic rings. The van der Waals surface area contributed by atoms with E-state index in [1.54, 1.807) is 34.3 Å². The van der Waals surface area contributed by atoms with Crippen molar-refractivity contribution in [3.05, 3.63) is 53.7 Å². The fraction of sp³-hybridized carbons (Fsp3) is 0.333. The molecule has 4 heterocycles. The van der Waals surface area contributed by atoms with Gasteiger partial charge in [0.2, 0.25) is 6.23 Å². The maximum Gasteiger partial charge on any atom is 0.412 e. The van der Waals surface area contributed by atoms with E-state index in [4.69, 9.17) is 16.3 Å². The zero-order chi connectivity index (χ0) is 19.0. The van der Waals surface area contributed by atoms with Crippen LogP contribution in [0, 0.1) is 0 Å². The maximum atomic E-state index is 12.7. The number of amides is 1. The number of hydrogen-bond donors (Lipinski definition) is 0. The minimum Gasteiger partial charge on any atom is -0.419 e. The molecule has 1 atom stereocenters. The number of carbonyl (C=O) groups is 1. The minimum absolute atomic E-state index is 0.390. The molecule has 27 heavy (non-hydrogen) atoms. The first kappa shape index (κ1) is 17.7. The van der Waals surface area contributed by atoms with Gasteiger partial charge in [0.25, 0.3) is 0 Å². The van der Waals surface area contributed by atoms with Crippen LogP contribution in [-0.4, -0.2) is 64.1 Å². The first-order chi connectivity index (χ1) is 13.0. The van der Waals surface area contributed by atoms with Gasteiger partial charge in [-0.05, 0) is 19.2 Å². The van der Waals surface area contributed by atoms with Gasteiger partial charge in [0.05, 0.1) is 10.7 Å². The highest BCUT2D eigenvalue weighted by molar-refractivity contribution is 6.30. The summed E-state index contributed by atoms with van der Waals surface area (Å²) in [6, 6.07) is 3.47. The lowest BCUT2D eigenvalue weighted by atomic mass is 10.3. The summed E-state index contributed by atoms with van der Waals surface area (Å²) in [6.45, 7) is 6.96. The van der Waals surface area contributed by atoms with Crippen LogP contribution in [0.15, 0.2) is 37.3 Å². The number of pyridine rings is 1. The summed E-state index contributed by atoms with van der Waals surface area (Å²) >= 11 is 5.95. The molecule has 2 aliphatic heterocycles.